The topological polar surface area (TPSA) is 55.1 Å². The molecule has 3 N–H and O–H groups in total. The number of nitrogens with one attached hydrogen (secondary N) is 1. The Kier molecular flexibility index (Phi) is 3.91. The number of nitrogens with two attached hydrogens (primary N) is 1. The van der Waals surface area contributed by atoms with Gasteiger partial charge in [-0.2, -0.15) is 0 Å². The van der Waals surface area contributed by atoms with Gasteiger partial charge in [0.1, 0.15) is 0 Å². The quantitative estimate of drug-likeness (QED) is 0.884. The normalized spacial score (nSPS) is 20.6. The number of carbonyl (C=O) groups excluding carboxylic acids is 1. The van der Waals surface area contributed by atoms with Crippen molar-refractivity contribution in [3.8, 4) is 0 Å². The average molecular weight is 280 g/mol. The summed E-state index contributed by atoms with van der Waals surface area (Å²) < 4.78 is 0. The molecule has 0 radical (unpaired) electrons. The minimum atomic E-state index is -0.291. The van der Waals surface area contributed by atoms with Crippen molar-refractivity contribution in [2.45, 2.75) is 31.2 Å². The molecule has 1 aliphatic carbocycles. The van der Waals surface area contributed by atoms with Crippen molar-refractivity contribution in [3.05, 3.63) is 65.7 Å². The molecule has 0 atom stereocenters. The summed E-state index contributed by atoms with van der Waals surface area (Å²) in [6, 6.07) is 19.2. The summed E-state index contributed by atoms with van der Waals surface area (Å²) in [7, 11) is 0. The minimum absolute atomic E-state index is 0.291. The fraction of sp³-hybridized carbons (Fsp3) is 0.278. The van der Waals surface area contributed by atoms with E-state index in [2.05, 4.69) is 35.6 Å². The van der Waals surface area contributed by atoms with E-state index in [1.165, 1.54) is 18.4 Å². The van der Waals surface area contributed by atoms with Gasteiger partial charge in [-0.1, -0.05) is 42.5 Å². The van der Waals surface area contributed by atoms with Crippen molar-refractivity contribution >= 4 is 11.6 Å². The Hall–Kier alpha value is -2.29. The van der Waals surface area contributed by atoms with Gasteiger partial charge in [-0.15, -0.1) is 0 Å². The maximum absolute atomic E-state index is 10.9. The molecule has 1 aliphatic rings. The van der Waals surface area contributed by atoms with Gasteiger partial charge in [0.15, 0.2) is 0 Å². The van der Waals surface area contributed by atoms with Crippen LogP contribution < -0.4 is 11.1 Å². The maximum Gasteiger partial charge on any atom is 0.221 e. The molecule has 2 aromatic rings. The zero-order valence-corrected chi connectivity index (χ0v) is 12.0. The lowest BCUT2D eigenvalue weighted by Gasteiger charge is -2.37. The van der Waals surface area contributed by atoms with E-state index in [4.69, 9.17) is 5.73 Å². The van der Waals surface area contributed by atoms with E-state index in [-0.39, 0.29) is 5.91 Å². The Labute approximate surface area is 125 Å². The first-order valence-electron chi connectivity index (χ1n) is 7.39. The van der Waals surface area contributed by atoms with Gasteiger partial charge in [0.05, 0.1) is 6.42 Å². The average Bonchev–Trinajstić information content (AvgIpc) is 2.44. The molecule has 0 aromatic heterocycles. The van der Waals surface area contributed by atoms with E-state index in [1.54, 1.807) is 0 Å². The largest absolute Gasteiger partial charge is 0.382 e. The second-order valence-electron chi connectivity index (χ2n) is 5.76. The van der Waals surface area contributed by atoms with Crippen LogP contribution in [0, 0.1) is 0 Å². The summed E-state index contributed by atoms with van der Waals surface area (Å²) in [6.07, 6.45) is 2.65. The fourth-order valence-corrected chi connectivity index (χ4v) is 2.89. The molecular formula is C18H20N2O. The Balaban J connectivity index is 1.51. The van der Waals surface area contributed by atoms with Gasteiger partial charge in [-0.05, 0) is 42.0 Å². The highest BCUT2D eigenvalue weighted by atomic mass is 16.1. The van der Waals surface area contributed by atoms with E-state index >= 15 is 0 Å². The number of hydrogen-bond acceptors (Lipinski definition) is 2. The lowest BCUT2D eigenvalue weighted by atomic mass is 9.76. The zero-order valence-electron chi connectivity index (χ0n) is 12.0. The molecule has 1 amide bonds. The van der Waals surface area contributed by atoms with Gasteiger partial charge in [-0.25, -0.2) is 0 Å². The van der Waals surface area contributed by atoms with Crippen LogP contribution in [0.15, 0.2) is 54.6 Å². The van der Waals surface area contributed by atoms with Gasteiger partial charge in [0, 0.05) is 11.7 Å². The zero-order chi connectivity index (χ0) is 14.7. The smallest absolute Gasteiger partial charge is 0.221 e. The minimum Gasteiger partial charge on any atom is -0.382 e. The molecule has 108 valence electrons. The predicted octanol–water partition coefficient (Wildman–Crippen LogP) is 3.07. The van der Waals surface area contributed by atoms with Crippen LogP contribution >= 0.6 is 0 Å². The van der Waals surface area contributed by atoms with E-state index in [0.717, 1.165) is 11.3 Å². The molecule has 0 aliphatic heterocycles. The van der Waals surface area contributed by atoms with Crippen LogP contribution in [0.1, 0.15) is 29.9 Å². The Bertz CT molecular complexity index is 601. The van der Waals surface area contributed by atoms with Crippen molar-refractivity contribution in [3.63, 3.8) is 0 Å². The highest BCUT2D eigenvalue weighted by Crippen LogP contribution is 2.38. The monoisotopic (exact) mass is 280 g/mol. The van der Waals surface area contributed by atoms with Crippen LogP contribution in [0.3, 0.4) is 0 Å². The molecule has 3 nitrogen and oxygen atoms in total. The van der Waals surface area contributed by atoms with Crippen molar-refractivity contribution in [1.29, 1.82) is 0 Å². The van der Waals surface area contributed by atoms with Crippen LogP contribution in [0.2, 0.25) is 0 Å². The molecule has 0 saturated heterocycles. The maximum atomic E-state index is 10.9. The number of anilines is 1. The summed E-state index contributed by atoms with van der Waals surface area (Å²) in [6.45, 7) is 0. The summed E-state index contributed by atoms with van der Waals surface area (Å²) in [5.41, 5.74) is 8.70. The lowest BCUT2D eigenvalue weighted by molar-refractivity contribution is -0.117. The van der Waals surface area contributed by atoms with Gasteiger partial charge in [0.2, 0.25) is 5.91 Å². The first-order chi connectivity index (χ1) is 10.2. The van der Waals surface area contributed by atoms with Gasteiger partial charge in [0.25, 0.3) is 0 Å². The van der Waals surface area contributed by atoms with Gasteiger partial charge < -0.3 is 11.1 Å². The van der Waals surface area contributed by atoms with Crippen LogP contribution in [0.5, 0.6) is 0 Å². The number of amides is 1. The third-order valence-corrected chi connectivity index (χ3v) is 4.11. The third-order valence-electron chi connectivity index (χ3n) is 4.11. The summed E-state index contributed by atoms with van der Waals surface area (Å²) in [5.74, 6) is 0.387. The standard InChI is InChI=1S/C18H20N2O/c19-18(21)10-13-6-8-16(9-7-13)20-17-11-15(12-17)14-4-2-1-3-5-14/h1-9,15,17,20H,10-12H2,(H2,19,21). The Morgan fingerprint density at radius 1 is 1.05 bits per heavy atom. The van der Waals surface area contributed by atoms with Crippen molar-refractivity contribution < 1.29 is 4.79 Å². The molecule has 0 unspecified atom stereocenters. The molecule has 0 heterocycles. The number of carbonyl (C=O) groups is 1. The van der Waals surface area contributed by atoms with Gasteiger partial charge in [-0.3, -0.25) is 4.79 Å². The van der Waals surface area contributed by atoms with Crippen LogP contribution in [-0.2, 0) is 11.2 Å². The highest BCUT2D eigenvalue weighted by molar-refractivity contribution is 5.76. The molecule has 21 heavy (non-hydrogen) atoms. The third kappa shape index (κ3) is 3.43. The highest BCUT2D eigenvalue weighted by Gasteiger charge is 2.29. The number of hydrogen-bond donors (Lipinski definition) is 2. The summed E-state index contributed by atoms with van der Waals surface area (Å²) >= 11 is 0. The fourth-order valence-electron chi connectivity index (χ4n) is 2.89. The second kappa shape index (κ2) is 6.00. The number of primary amides is 1. The van der Waals surface area contributed by atoms with E-state index in [9.17, 15) is 4.79 Å². The SMILES string of the molecule is NC(=O)Cc1ccc(NC2CC(c3ccccc3)C2)cc1. The first kappa shape index (κ1) is 13.7. The van der Waals surface area contributed by atoms with Crippen molar-refractivity contribution in [2.24, 2.45) is 5.73 Å². The van der Waals surface area contributed by atoms with Crippen LogP contribution in [0.4, 0.5) is 5.69 Å². The summed E-state index contributed by atoms with van der Waals surface area (Å²) in [5, 5.41) is 3.54. The van der Waals surface area contributed by atoms with E-state index in [0.29, 0.717) is 18.4 Å². The molecule has 2 aromatic carbocycles. The molecule has 3 rings (SSSR count). The summed E-state index contributed by atoms with van der Waals surface area (Å²) in [4.78, 5) is 10.9. The molecular weight excluding hydrogens is 260 g/mol. The predicted molar refractivity (Wildman–Crippen MR) is 85.2 cm³/mol. The first-order valence-corrected chi connectivity index (χ1v) is 7.39. The lowest BCUT2D eigenvalue weighted by Crippen LogP contribution is -2.33. The van der Waals surface area contributed by atoms with Crippen molar-refractivity contribution in [1.82, 2.24) is 0 Å². The van der Waals surface area contributed by atoms with Crippen molar-refractivity contribution in [2.75, 3.05) is 5.32 Å². The van der Waals surface area contributed by atoms with Crippen LogP contribution in [0.25, 0.3) is 0 Å². The van der Waals surface area contributed by atoms with E-state index < -0.39 is 0 Å². The number of rotatable bonds is 5. The molecule has 1 fully saturated rings. The van der Waals surface area contributed by atoms with Gasteiger partial charge >= 0.3 is 0 Å². The number of benzene rings is 2. The van der Waals surface area contributed by atoms with E-state index in [1.807, 2.05) is 24.3 Å². The molecule has 3 heteroatoms. The Morgan fingerprint density at radius 2 is 1.71 bits per heavy atom. The van der Waals surface area contributed by atoms with Crippen LogP contribution in [-0.4, -0.2) is 11.9 Å². The molecule has 1 saturated carbocycles. The molecule has 0 bridgehead atoms. The Morgan fingerprint density at radius 3 is 2.33 bits per heavy atom. The molecule has 0 spiro atoms. The second-order valence-corrected chi connectivity index (χ2v) is 5.76.